The quantitative estimate of drug-likeness (QED) is 0.798. The van der Waals surface area contributed by atoms with Crippen molar-refractivity contribution in [2.75, 3.05) is 4.90 Å². The van der Waals surface area contributed by atoms with E-state index >= 15 is 0 Å². The predicted molar refractivity (Wildman–Crippen MR) is 73.3 cm³/mol. The van der Waals surface area contributed by atoms with Crippen LogP contribution in [0.1, 0.15) is 15.9 Å². The molecular formula is C15H8ClF2NO2. The predicted octanol–water partition coefficient (Wildman–Crippen LogP) is 3.35. The van der Waals surface area contributed by atoms with E-state index in [0.717, 1.165) is 12.1 Å². The fourth-order valence-electron chi connectivity index (χ4n) is 2.28. The van der Waals surface area contributed by atoms with Crippen LogP contribution in [-0.2, 0) is 11.3 Å². The first-order valence-corrected chi connectivity index (χ1v) is 6.45. The molecule has 0 aromatic heterocycles. The summed E-state index contributed by atoms with van der Waals surface area (Å²) in [5, 5.41) is 0.193. The van der Waals surface area contributed by atoms with Gasteiger partial charge in [0.1, 0.15) is 0 Å². The molecule has 106 valence electrons. The third kappa shape index (κ3) is 2.19. The molecule has 2 aromatic rings. The van der Waals surface area contributed by atoms with Gasteiger partial charge in [0.25, 0.3) is 11.7 Å². The van der Waals surface area contributed by atoms with Gasteiger partial charge < -0.3 is 4.90 Å². The molecular weight excluding hydrogens is 300 g/mol. The Morgan fingerprint density at radius 1 is 1.05 bits per heavy atom. The van der Waals surface area contributed by atoms with E-state index in [1.165, 1.54) is 17.0 Å². The summed E-state index contributed by atoms with van der Waals surface area (Å²) in [7, 11) is 0. The maximum atomic E-state index is 13.2. The summed E-state index contributed by atoms with van der Waals surface area (Å²) in [5.74, 6) is -3.40. The highest BCUT2D eigenvalue weighted by Gasteiger charge is 2.37. The summed E-state index contributed by atoms with van der Waals surface area (Å²) in [4.78, 5) is 25.2. The fourth-order valence-corrected chi connectivity index (χ4v) is 2.53. The van der Waals surface area contributed by atoms with Crippen LogP contribution in [0, 0.1) is 11.6 Å². The van der Waals surface area contributed by atoms with E-state index in [2.05, 4.69) is 0 Å². The molecule has 0 aliphatic carbocycles. The van der Waals surface area contributed by atoms with Gasteiger partial charge in [0.05, 0.1) is 22.8 Å². The Kier molecular flexibility index (Phi) is 3.22. The summed E-state index contributed by atoms with van der Waals surface area (Å²) < 4.78 is 26.1. The van der Waals surface area contributed by atoms with E-state index in [1.54, 1.807) is 12.1 Å². The lowest BCUT2D eigenvalue weighted by molar-refractivity contribution is -0.114. The highest BCUT2D eigenvalue weighted by molar-refractivity contribution is 6.55. The second kappa shape index (κ2) is 4.93. The van der Waals surface area contributed by atoms with Gasteiger partial charge in [-0.25, -0.2) is 8.78 Å². The molecule has 0 spiro atoms. The number of anilines is 1. The van der Waals surface area contributed by atoms with E-state index in [0.29, 0.717) is 11.3 Å². The van der Waals surface area contributed by atoms with Gasteiger partial charge >= 0.3 is 0 Å². The van der Waals surface area contributed by atoms with Crippen LogP contribution in [0.2, 0.25) is 5.02 Å². The largest absolute Gasteiger partial charge is 0.300 e. The van der Waals surface area contributed by atoms with Gasteiger partial charge in [0, 0.05) is 0 Å². The zero-order valence-corrected chi connectivity index (χ0v) is 11.3. The Morgan fingerprint density at radius 2 is 1.81 bits per heavy atom. The fraction of sp³-hybridized carbons (Fsp3) is 0.0667. The smallest absolute Gasteiger partial charge is 0.299 e. The van der Waals surface area contributed by atoms with Crippen LogP contribution in [0.15, 0.2) is 36.4 Å². The molecule has 0 N–H and O–H groups in total. The van der Waals surface area contributed by atoms with Gasteiger partial charge in [-0.15, -0.1) is 0 Å². The average Bonchev–Trinajstić information content (AvgIpc) is 2.69. The highest BCUT2D eigenvalue weighted by Crippen LogP contribution is 2.35. The number of amides is 1. The Bertz CT molecular complexity index is 776. The van der Waals surface area contributed by atoms with Crippen molar-refractivity contribution < 1.29 is 18.4 Å². The van der Waals surface area contributed by atoms with Gasteiger partial charge in [-0.05, 0) is 29.8 Å². The van der Waals surface area contributed by atoms with E-state index in [1.807, 2.05) is 0 Å². The van der Waals surface area contributed by atoms with Crippen LogP contribution in [-0.4, -0.2) is 11.7 Å². The van der Waals surface area contributed by atoms with Crippen LogP contribution < -0.4 is 4.90 Å². The van der Waals surface area contributed by atoms with Crippen molar-refractivity contribution in [1.29, 1.82) is 0 Å². The van der Waals surface area contributed by atoms with Crippen LogP contribution in [0.5, 0.6) is 0 Å². The molecule has 1 heterocycles. The van der Waals surface area contributed by atoms with Crippen LogP contribution in [0.4, 0.5) is 14.5 Å². The number of Topliss-reactive ketones (excluding diaryl/α,β-unsaturated/α-hetero) is 1. The summed E-state index contributed by atoms with van der Waals surface area (Å²) in [6.07, 6.45) is 0. The number of halogens is 3. The van der Waals surface area contributed by atoms with Gasteiger partial charge in [-0.3, -0.25) is 9.59 Å². The van der Waals surface area contributed by atoms with E-state index in [4.69, 9.17) is 11.6 Å². The topological polar surface area (TPSA) is 37.4 Å². The summed E-state index contributed by atoms with van der Waals surface area (Å²) >= 11 is 5.93. The normalized spacial score (nSPS) is 13.8. The minimum atomic E-state index is -1.00. The molecule has 0 saturated carbocycles. The molecule has 0 bridgehead atoms. The van der Waals surface area contributed by atoms with Crippen molar-refractivity contribution in [3.05, 3.63) is 64.2 Å². The molecule has 0 unspecified atom stereocenters. The SMILES string of the molecule is O=C1C(=O)N(Cc2ccc(F)c(F)c2)c2cccc(Cl)c21. The number of fused-ring (bicyclic) bond motifs is 1. The number of carbonyl (C=O) groups excluding carboxylic acids is 2. The first-order chi connectivity index (χ1) is 9.99. The van der Waals surface area contributed by atoms with Crippen LogP contribution in [0.25, 0.3) is 0 Å². The zero-order chi connectivity index (χ0) is 15.1. The Hall–Kier alpha value is -2.27. The lowest BCUT2D eigenvalue weighted by Gasteiger charge is -2.16. The highest BCUT2D eigenvalue weighted by atomic mass is 35.5. The molecule has 0 radical (unpaired) electrons. The molecule has 3 nitrogen and oxygen atoms in total. The van der Waals surface area contributed by atoms with Crippen molar-refractivity contribution in [2.45, 2.75) is 6.54 Å². The summed E-state index contributed by atoms with van der Waals surface area (Å²) in [5.41, 5.74) is 0.900. The van der Waals surface area contributed by atoms with Gasteiger partial charge in [-0.1, -0.05) is 23.7 Å². The summed E-state index contributed by atoms with van der Waals surface area (Å²) in [6, 6.07) is 8.06. The van der Waals surface area contributed by atoms with Crippen molar-refractivity contribution >= 4 is 29.0 Å². The van der Waals surface area contributed by atoms with Crippen molar-refractivity contribution in [3.63, 3.8) is 0 Å². The standard InChI is InChI=1S/C15H8ClF2NO2/c16-9-2-1-3-12-13(9)14(20)15(21)19(12)7-8-4-5-10(17)11(18)6-8/h1-6H,7H2. The monoisotopic (exact) mass is 307 g/mol. The second-order valence-corrected chi connectivity index (χ2v) is 5.01. The van der Waals surface area contributed by atoms with E-state index < -0.39 is 23.3 Å². The van der Waals surface area contributed by atoms with E-state index in [9.17, 15) is 18.4 Å². The first-order valence-electron chi connectivity index (χ1n) is 6.07. The maximum Gasteiger partial charge on any atom is 0.299 e. The zero-order valence-electron chi connectivity index (χ0n) is 10.6. The molecule has 2 aromatic carbocycles. The molecule has 1 aliphatic heterocycles. The van der Waals surface area contributed by atoms with Gasteiger partial charge in [0.2, 0.25) is 0 Å². The lowest BCUT2D eigenvalue weighted by atomic mass is 10.1. The summed E-state index contributed by atoms with van der Waals surface area (Å²) in [6.45, 7) is -0.0326. The number of nitrogens with zero attached hydrogens (tertiary/aromatic N) is 1. The van der Waals surface area contributed by atoms with Gasteiger partial charge in [-0.2, -0.15) is 0 Å². The van der Waals surface area contributed by atoms with Crippen molar-refractivity contribution in [3.8, 4) is 0 Å². The van der Waals surface area contributed by atoms with Gasteiger partial charge in [0.15, 0.2) is 11.6 Å². The molecule has 0 saturated heterocycles. The number of benzene rings is 2. The maximum absolute atomic E-state index is 13.2. The molecule has 3 rings (SSSR count). The molecule has 1 amide bonds. The number of carbonyl (C=O) groups is 2. The van der Waals surface area contributed by atoms with E-state index in [-0.39, 0.29) is 17.1 Å². The third-order valence-electron chi connectivity index (χ3n) is 3.27. The van der Waals surface area contributed by atoms with Crippen LogP contribution >= 0.6 is 11.6 Å². The minimum Gasteiger partial charge on any atom is -0.300 e. The molecule has 1 aliphatic rings. The Balaban J connectivity index is 2.00. The number of hydrogen-bond donors (Lipinski definition) is 0. The number of ketones is 1. The molecule has 0 atom stereocenters. The lowest BCUT2D eigenvalue weighted by Crippen LogP contribution is -2.29. The minimum absolute atomic E-state index is 0.0326. The Morgan fingerprint density at radius 3 is 2.52 bits per heavy atom. The average molecular weight is 308 g/mol. The Labute approximate surface area is 123 Å². The molecule has 0 fully saturated rings. The number of rotatable bonds is 2. The number of hydrogen-bond acceptors (Lipinski definition) is 2. The van der Waals surface area contributed by atoms with Crippen LogP contribution in [0.3, 0.4) is 0 Å². The van der Waals surface area contributed by atoms with Crippen molar-refractivity contribution in [1.82, 2.24) is 0 Å². The third-order valence-corrected chi connectivity index (χ3v) is 3.59. The first kappa shape index (κ1) is 13.7. The van der Waals surface area contributed by atoms with Crippen molar-refractivity contribution in [2.24, 2.45) is 0 Å². The molecule has 21 heavy (non-hydrogen) atoms. The molecule has 6 heteroatoms. The second-order valence-electron chi connectivity index (χ2n) is 4.60.